The summed E-state index contributed by atoms with van der Waals surface area (Å²) in [4.78, 5) is 26.7. The highest BCUT2D eigenvalue weighted by molar-refractivity contribution is 5.89. The molecular weight excluding hydrogens is 347 g/mol. The maximum absolute atomic E-state index is 12.4. The van der Waals surface area contributed by atoms with Gasteiger partial charge in [0, 0.05) is 38.3 Å². The molecule has 1 saturated heterocycles. The van der Waals surface area contributed by atoms with Gasteiger partial charge in [-0.05, 0) is 24.5 Å². The van der Waals surface area contributed by atoms with E-state index in [-0.39, 0.29) is 18.9 Å². The number of fused-ring (bicyclic) bond motifs is 1. The number of para-hydroxylation sites is 1. The summed E-state index contributed by atoms with van der Waals surface area (Å²) in [6.45, 7) is 0.757. The Labute approximate surface area is 150 Å². The summed E-state index contributed by atoms with van der Waals surface area (Å²) < 4.78 is 37.2. The number of carbonyl (C=O) groups is 2. The zero-order valence-corrected chi connectivity index (χ0v) is 14.4. The molecule has 1 atom stereocenters. The van der Waals surface area contributed by atoms with Gasteiger partial charge in [-0.25, -0.2) is 0 Å². The Hall–Kier alpha value is -2.25. The molecule has 1 aromatic rings. The number of alkyl halides is 3. The van der Waals surface area contributed by atoms with Crippen LogP contribution >= 0.6 is 0 Å². The number of nitrogens with zero attached hydrogens (tertiary/aromatic N) is 2. The standard InChI is InChI=1S/C18H22F3N3O2/c19-18(20,21)12-24-11-14(10-16(24)25)17(26)22-7-3-8-23-9-6-13-4-1-2-5-15(13)23/h1-2,4-5,14H,3,6-12H2,(H,22,26). The molecule has 3 rings (SSSR count). The van der Waals surface area contributed by atoms with Gasteiger partial charge >= 0.3 is 6.18 Å². The molecule has 0 radical (unpaired) electrons. The van der Waals surface area contributed by atoms with E-state index in [1.807, 2.05) is 12.1 Å². The molecule has 1 unspecified atom stereocenters. The molecule has 1 aromatic carbocycles. The first-order valence-electron chi connectivity index (χ1n) is 8.78. The molecule has 8 heteroatoms. The lowest BCUT2D eigenvalue weighted by Crippen LogP contribution is -2.37. The van der Waals surface area contributed by atoms with Gasteiger partial charge in [0.05, 0.1) is 5.92 Å². The van der Waals surface area contributed by atoms with Crippen molar-refractivity contribution in [3.05, 3.63) is 29.8 Å². The van der Waals surface area contributed by atoms with E-state index < -0.39 is 24.5 Å². The Kier molecular flexibility index (Phi) is 5.38. The number of hydrogen-bond acceptors (Lipinski definition) is 3. The van der Waals surface area contributed by atoms with Gasteiger partial charge in [0.1, 0.15) is 6.54 Å². The summed E-state index contributed by atoms with van der Waals surface area (Å²) in [7, 11) is 0. The summed E-state index contributed by atoms with van der Waals surface area (Å²) in [5.74, 6) is -1.65. The minimum absolute atomic E-state index is 0.151. The fourth-order valence-electron chi connectivity index (χ4n) is 3.58. The predicted octanol–water partition coefficient (Wildman–Crippen LogP) is 1.97. The molecule has 142 valence electrons. The van der Waals surface area contributed by atoms with Crippen molar-refractivity contribution < 1.29 is 22.8 Å². The monoisotopic (exact) mass is 369 g/mol. The molecule has 0 aliphatic carbocycles. The second-order valence-corrected chi connectivity index (χ2v) is 6.80. The van der Waals surface area contributed by atoms with Crippen LogP contribution in [0.25, 0.3) is 0 Å². The average Bonchev–Trinajstić information content (AvgIpc) is 3.14. The third-order valence-electron chi connectivity index (χ3n) is 4.84. The van der Waals surface area contributed by atoms with Gasteiger partial charge in [0.15, 0.2) is 0 Å². The summed E-state index contributed by atoms with van der Waals surface area (Å²) in [6, 6.07) is 8.22. The quantitative estimate of drug-likeness (QED) is 0.780. The maximum Gasteiger partial charge on any atom is 0.406 e. The number of hydrogen-bond donors (Lipinski definition) is 1. The molecule has 2 aliphatic heterocycles. The highest BCUT2D eigenvalue weighted by atomic mass is 19.4. The van der Waals surface area contributed by atoms with Crippen LogP contribution in [-0.4, -0.2) is 55.6 Å². The van der Waals surface area contributed by atoms with E-state index >= 15 is 0 Å². The normalized spacial score (nSPS) is 19.8. The van der Waals surface area contributed by atoms with Gasteiger partial charge in [0.25, 0.3) is 0 Å². The lowest BCUT2D eigenvalue weighted by atomic mass is 10.1. The summed E-state index contributed by atoms with van der Waals surface area (Å²) in [5.41, 5.74) is 2.55. The number of rotatable bonds is 6. The van der Waals surface area contributed by atoms with Crippen molar-refractivity contribution in [2.75, 3.05) is 37.6 Å². The smallest absolute Gasteiger partial charge is 0.371 e. The first kappa shape index (κ1) is 18.5. The fourth-order valence-corrected chi connectivity index (χ4v) is 3.58. The molecular formula is C18H22F3N3O2. The Bertz CT molecular complexity index is 678. The molecule has 1 fully saturated rings. The predicted molar refractivity (Wildman–Crippen MR) is 90.7 cm³/mol. The summed E-state index contributed by atoms with van der Waals surface area (Å²) in [6.07, 6.45) is -2.83. The topological polar surface area (TPSA) is 52.7 Å². The zero-order chi connectivity index (χ0) is 18.7. The molecule has 2 aliphatic rings. The van der Waals surface area contributed by atoms with E-state index in [1.54, 1.807) is 0 Å². The molecule has 0 saturated carbocycles. The van der Waals surface area contributed by atoms with E-state index in [2.05, 4.69) is 22.3 Å². The highest BCUT2D eigenvalue weighted by Crippen LogP contribution is 2.27. The van der Waals surface area contributed by atoms with Gasteiger partial charge in [0.2, 0.25) is 11.8 Å². The first-order chi connectivity index (χ1) is 12.3. The lowest BCUT2D eigenvalue weighted by Gasteiger charge is -2.20. The van der Waals surface area contributed by atoms with Crippen LogP contribution in [0.4, 0.5) is 18.9 Å². The van der Waals surface area contributed by atoms with Crippen LogP contribution in [0.15, 0.2) is 24.3 Å². The van der Waals surface area contributed by atoms with Gasteiger partial charge in [-0.3, -0.25) is 9.59 Å². The van der Waals surface area contributed by atoms with Gasteiger partial charge in [-0.2, -0.15) is 13.2 Å². The number of likely N-dealkylation sites (tertiary alicyclic amines) is 1. The van der Waals surface area contributed by atoms with Crippen molar-refractivity contribution in [1.82, 2.24) is 10.2 Å². The number of anilines is 1. The minimum Gasteiger partial charge on any atom is -0.371 e. The molecule has 0 spiro atoms. The van der Waals surface area contributed by atoms with Crippen molar-refractivity contribution in [2.24, 2.45) is 5.92 Å². The fraction of sp³-hybridized carbons (Fsp3) is 0.556. The Morgan fingerprint density at radius 2 is 2.00 bits per heavy atom. The summed E-state index contributed by atoms with van der Waals surface area (Å²) in [5, 5.41) is 2.75. The highest BCUT2D eigenvalue weighted by Gasteiger charge is 2.40. The van der Waals surface area contributed by atoms with Crippen LogP contribution in [0.5, 0.6) is 0 Å². The van der Waals surface area contributed by atoms with Crippen LogP contribution < -0.4 is 10.2 Å². The van der Waals surface area contributed by atoms with Gasteiger partial charge in [-0.15, -0.1) is 0 Å². The van der Waals surface area contributed by atoms with Crippen LogP contribution in [0.2, 0.25) is 0 Å². The Morgan fingerprint density at radius 1 is 1.23 bits per heavy atom. The molecule has 2 heterocycles. The van der Waals surface area contributed by atoms with Crippen LogP contribution in [0, 0.1) is 5.92 Å². The minimum atomic E-state index is -4.44. The Morgan fingerprint density at radius 3 is 2.77 bits per heavy atom. The Balaban J connectivity index is 1.39. The molecule has 1 N–H and O–H groups in total. The van der Waals surface area contributed by atoms with Crippen molar-refractivity contribution in [3.8, 4) is 0 Å². The van der Waals surface area contributed by atoms with Crippen molar-refractivity contribution >= 4 is 17.5 Å². The van der Waals surface area contributed by atoms with Gasteiger partial charge in [-0.1, -0.05) is 18.2 Å². The van der Waals surface area contributed by atoms with Crippen molar-refractivity contribution in [1.29, 1.82) is 0 Å². The number of amides is 2. The molecule has 2 amide bonds. The van der Waals surface area contributed by atoms with Crippen LogP contribution in [-0.2, 0) is 16.0 Å². The summed E-state index contributed by atoms with van der Waals surface area (Å²) >= 11 is 0. The maximum atomic E-state index is 12.4. The third-order valence-corrected chi connectivity index (χ3v) is 4.84. The largest absolute Gasteiger partial charge is 0.406 e. The lowest BCUT2D eigenvalue weighted by molar-refractivity contribution is -0.157. The average molecular weight is 369 g/mol. The van der Waals surface area contributed by atoms with Crippen molar-refractivity contribution in [2.45, 2.75) is 25.4 Å². The second kappa shape index (κ2) is 7.55. The number of nitrogens with one attached hydrogen (secondary N) is 1. The van der Waals surface area contributed by atoms with Crippen LogP contribution in [0.3, 0.4) is 0 Å². The molecule has 5 nitrogen and oxygen atoms in total. The first-order valence-corrected chi connectivity index (χ1v) is 8.78. The third kappa shape index (κ3) is 4.47. The SMILES string of the molecule is O=C(NCCCN1CCc2ccccc21)C1CC(=O)N(CC(F)(F)F)C1. The van der Waals surface area contributed by atoms with E-state index in [1.165, 1.54) is 11.3 Å². The second-order valence-electron chi connectivity index (χ2n) is 6.80. The molecule has 26 heavy (non-hydrogen) atoms. The van der Waals surface area contributed by atoms with E-state index in [0.29, 0.717) is 11.4 Å². The van der Waals surface area contributed by atoms with Crippen LogP contribution in [0.1, 0.15) is 18.4 Å². The number of halogens is 3. The van der Waals surface area contributed by atoms with Crippen molar-refractivity contribution in [3.63, 3.8) is 0 Å². The number of carbonyl (C=O) groups excluding carboxylic acids is 2. The van der Waals surface area contributed by atoms with E-state index in [9.17, 15) is 22.8 Å². The molecule has 0 bridgehead atoms. The number of benzene rings is 1. The molecule has 0 aromatic heterocycles. The zero-order valence-electron chi connectivity index (χ0n) is 14.4. The van der Waals surface area contributed by atoms with E-state index in [0.717, 1.165) is 25.9 Å². The van der Waals surface area contributed by atoms with E-state index in [4.69, 9.17) is 0 Å². The van der Waals surface area contributed by atoms with Gasteiger partial charge < -0.3 is 15.1 Å².